The van der Waals surface area contributed by atoms with Crippen molar-refractivity contribution in [3.8, 4) is 28.7 Å². The van der Waals surface area contributed by atoms with E-state index in [1.807, 2.05) is 36.4 Å². The van der Waals surface area contributed by atoms with Crippen LogP contribution in [0.4, 0.5) is 0 Å². The smallest absolute Gasteiger partial charge is 0.270 e. The van der Waals surface area contributed by atoms with E-state index in [9.17, 15) is 0 Å². The summed E-state index contributed by atoms with van der Waals surface area (Å²) in [5.41, 5.74) is 2.84. The largest absolute Gasteiger partial charge is 0.414 e. The van der Waals surface area contributed by atoms with Gasteiger partial charge in [0.15, 0.2) is 5.69 Å². The summed E-state index contributed by atoms with van der Waals surface area (Å²) in [7, 11) is 1.61. The minimum Gasteiger partial charge on any atom is -0.414 e. The second-order valence-electron chi connectivity index (χ2n) is 5.22. The summed E-state index contributed by atoms with van der Waals surface area (Å²) in [5, 5.41) is 16.6. The maximum absolute atomic E-state index is 5.76. The topological polar surface area (TPSA) is 91.8 Å². The van der Waals surface area contributed by atoms with Gasteiger partial charge in [-0.25, -0.2) is 4.68 Å². The maximum Gasteiger partial charge on any atom is 0.270 e. The number of methoxy groups -OCH3 is 1. The van der Waals surface area contributed by atoms with E-state index >= 15 is 0 Å². The van der Waals surface area contributed by atoms with E-state index in [4.69, 9.17) is 9.15 Å². The number of ether oxygens (including phenoxy) is 1. The van der Waals surface area contributed by atoms with Crippen LogP contribution in [-0.4, -0.2) is 37.3 Å². The van der Waals surface area contributed by atoms with Crippen LogP contribution in [0.5, 0.6) is 0 Å². The molecule has 0 radical (unpaired) electrons. The van der Waals surface area contributed by atoms with Crippen molar-refractivity contribution >= 4 is 0 Å². The first-order chi connectivity index (χ1) is 12.4. The second kappa shape index (κ2) is 6.62. The summed E-state index contributed by atoms with van der Waals surface area (Å²) >= 11 is 0. The van der Waals surface area contributed by atoms with Crippen molar-refractivity contribution in [1.82, 2.24) is 30.2 Å². The first kappa shape index (κ1) is 15.2. The molecule has 0 fully saturated rings. The molecule has 0 amide bonds. The summed E-state index contributed by atoms with van der Waals surface area (Å²) < 4.78 is 12.8. The molecule has 0 saturated carbocycles. The van der Waals surface area contributed by atoms with Crippen LogP contribution >= 0.6 is 0 Å². The van der Waals surface area contributed by atoms with Crippen molar-refractivity contribution in [2.75, 3.05) is 7.11 Å². The minimum absolute atomic E-state index is 0.285. The molecule has 3 aromatic heterocycles. The molecule has 4 aromatic rings. The fourth-order valence-electron chi connectivity index (χ4n) is 2.44. The molecule has 8 heteroatoms. The van der Waals surface area contributed by atoms with E-state index in [2.05, 4.69) is 25.5 Å². The van der Waals surface area contributed by atoms with Crippen molar-refractivity contribution < 1.29 is 9.15 Å². The molecule has 0 N–H and O–H groups in total. The van der Waals surface area contributed by atoms with Crippen LogP contribution in [0.1, 0.15) is 5.69 Å². The fraction of sp³-hybridized carbons (Fsp3) is 0.118. The lowest BCUT2D eigenvalue weighted by molar-refractivity contribution is 0.179. The summed E-state index contributed by atoms with van der Waals surface area (Å²) in [5.74, 6) is 0.661. The molecule has 0 spiro atoms. The Morgan fingerprint density at radius 3 is 2.60 bits per heavy atom. The van der Waals surface area contributed by atoms with Crippen LogP contribution in [0, 0.1) is 0 Å². The molecule has 8 nitrogen and oxygen atoms in total. The Hall–Kier alpha value is -3.39. The molecule has 0 aliphatic rings. The number of nitrogens with zero attached hydrogens (tertiary/aromatic N) is 6. The van der Waals surface area contributed by atoms with Gasteiger partial charge in [0.2, 0.25) is 5.89 Å². The Morgan fingerprint density at radius 2 is 1.84 bits per heavy atom. The number of benzene rings is 1. The Labute approximate surface area is 143 Å². The van der Waals surface area contributed by atoms with Gasteiger partial charge < -0.3 is 9.15 Å². The van der Waals surface area contributed by atoms with E-state index < -0.39 is 0 Å². The molecule has 0 aliphatic carbocycles. The van der Waals surface area contributed by atoms with E-state index in [0.29, 0.717) is 18.2 Å². The van der Waals surface area contributed by atoms with Gasteiger partial charge in [-0.1, -0.05) is 23.4 Å². The van der Waals surface area contributed by atoms with Crippen LogP contribution in [0.3, 0.4) is 0 Å². The third kappa shape index (κ3) is 2.90. The molecule has 3 heterocycles. The van der Waals surface area contributed by atoms with Crippen LogP contribution in [0.2, 0.25) is 0 Å². The molecule has 0 saturated heterocycles. The number of hydrogen-bond acceptors (Lipinski definition) is 7. The normalized spacial score (nSPS) is 10.9. The lowest BCUT2D eigenvalue weighted by Gasteiger charge is -2.05. The van der Waals surface area contributed by atoms with Crippen LogP contribution in [-0.2, 0) is 11.3 Å². The molecule has 0 atom stereocenters. The third-order valence-corrected chi connectivity index (χ3v) is 3.58. The van der Waals surface area contributed by atoms with Crippen molar-refractivity contribution in [1.29, 1.82) is 0 Å². The molecular formula is C17H14N6O2. The van der Waals surface area contributed by atoms with E-state index in [0.717, 1.165) is 16.9 Å². The van der Waals surface area contributed by atoms with E-state index in [-0.39, 0.29) is 5.89 Å². The van der Waals surface area contributed by atoms with Gasteiger partial charge in [0.1, 0.15) is 5.69 Å². The van der Waals surface area contributed by atoms with Gasteiger partial charge >= 0.3 is 0 Å². The minimum atomic E-state index is 0.285. The average Bonchev–Trinajstić information content (AvgIpc) is 3.31. The zero-order valence-corrected chi connectivity index (χ0v) is 13.4. The highest BCUT2D eigenvalue weighted by Gasteiger charge is 2.21. The standard InChI is InChI=1S/C17H14N6O2/c1-24-11-14-15(19-22-23(14)13-7-3-2-4-8-13)17-21-20-16(25-17)12-6-5-9-18-10-12/h2-10H,11H2,1H3. The average molecular weight is 334 g/mol. The van der Waals surface area contributed by atoms with E-state index in [1.165, 1.54) is 0 Å². The van der Waals surface area contributed by atoms with Gasteiger partial charge in [-0.15, -0.1) is 15.3 Å². The van der Waals surface area contributed by atoms with Gasteiger partial charge in [-0.3, -0.25) is 4.98 Å². The number of pyridine rings is 1. The first-order valence-corrected chi connectivity index (χ1v) is 7.60. The number of rotatable bonds is 5. The van der Waals surface area contributed by atoms with Crippen LogP contribution in [0.25, 0.3) is 28.7 Å². The second-order valence-corrected chi connectivity index (χ2v) is 5.22. The highest BCUT2D eigenvalue weighted by atomic mass is 16.5. The SMILES string of the molecule is COCc1c(-c2nnc(-c3cccnc3)o2)nnn1-c1ccccc1. The van der Waals surface area contributed by atoms with Gasteiger partial charge in [0.05, 0.1) is 17.9 Å². The highest BCUT2D eigenvalue weighted by molar-refractivity contribution is 5.56. The van der Waals surface area contributed by atoms with Gasteiger partial charge in [0.25, 0.3) is 5.89 Å². The first-order valence-electron chi connectivity index (χ1n) is 7.60. The molecular weight excluding hydrogens is 320 g/mol. The van der Waals surface area contributed by atoms with Gasteiger partial charge in [-0.05, 0) is 24.3 Å². The Kier molecular flexibility index (Phi) is 4.01. The predicted octanol–water partition coefficient (Wildman–Crippen LogP) is 2.53. The molecule has 124 valence electrons. The summed E-state index contributed by atoms with van der Waals surface area (Å²) in [6.45, 7) is 0.307. The fourth-order valence-corrected chi connectivity index (χ4v) is 2.44. The van der Waals surface area contributed by atoms with Gasteiger partial charge in [-0.2, -0.15) is 0 Å². The predicted molar refractivity (Wildman–Crippen MR) is 88.6 cm³/mol. The van der Waals surface area contributed by atoms with Crippen molar-refractivity contribution in [3.05, 3.63) is 60.6 Å². The Morgan fingerprint density at radius 1 is 1.00 bits per heavy atom. The van der Waals surface area contributed by atoms with Crippen LogP contribution < -0.4 is 0 Å². The van der Waals surface area contributed by atoms with E-state index in [1.54, 1.807) is 30.3 Å². The third-order valence-electron chi connectivity index (χ3n) is 3.58. The summed E-state index contributed by atoms with van der Waals surface area (Å²) in [6.07, 6.45) is 3.34. The number of aromatic nitrogens is 6. The quantitative estimate of drug-likeness (QED) is 0.554. The molecule has 4 rings (SSSR count). The maximum atomic E-state index is 5.76. The number of para-hydroxylation sites is 1. The van der Waals surface area contributed by atoms with Crippen molar-refractivity contribution in [2.24, 2.45) is 0 Å². The van der Waals surface area contributed by atoms with Gasteiger partial charge in [0, 0.05) is 19.5 Å². The number of hydrogen-bond donors (Lipinski definition) is 0. The van der Waals surface area contributed by atoms with Crippen LogP contribution in [0.15, 0.2) is 59.3 Å². The Bertz CT molecular complexity index is 965. The van der Waals surface area contributed by atoms with Crippen molar-refractivity contribution in [2.45, 2.75) is 6.61 Å². The highest BCUT2D eigenvalue weighted by Crippen LogP contribution is 2.26. The monoisotopic (exact) mass is 334 g/mol. The zero-order chi connectivity index (χ0) is 17.1. The molecule has 0 unspecified atom stereocenters. The molecule has 0 aliphatic heterocycles. The Balaban J connectivity index is 1.76. The van der Waals surface area contributed by atoms with Crippen molar-refractivity contribution in [3.63, 3.8) is 0 Å². The lowest BCUT2D eigenvalue weighted by atomic mass is 10.3. The molecule has 0 bridgehead atoms. The molecule has 25 heavy (non-hydrogen) atoms. The summed E-state index contributed by atoms with van der Waals surface area (Å²) in [6, 6.07) is 13.3. The zero-order valence-electron chi connectivity index (χ0n) is 13.4. The summed E-state index contributed by atoms with van der Waals surface area (Å²) in [4.78, 5) is 4.05. The lowest BCUT2D eigenvalue weighted by Crippen LogP contribution is -2.04. The molecule has 1 aromatic carbocycles.